The Labute approximate surface area is 186 Å². The van der Waals surface area contributed by atoms with Crippen molar-refractivity contribution in [1.82, 2.24) is 4.31 Å². The summed E-state index contributed by atoms with van der Waals surface area (Å²) in [5.41, 5.74) is 5.67. The van der Waals surface area contributed by atoms with Gasteiger partial charge in [-0.3, -0.25) is 4.79 Å². The first-order valence-corrected chi connectivity index (χ1v) is 12.1. The molecule has 2 aliphatic rings. The maximum atomic E-state index is 14.0. The molecule has 0 atom stereocenters. The lowest BCUT2D eigenvalue weighted by atomic mass is 9.97. The first-order valence-electron chi connectivity index (χ1n) is 10.7. The third-order valence-corrected chi connectivity index (χ3v) is 8.27. The monoisotopic (exact) mass is 450 g/mol. The van der Waals surface area contributed by atoms with Crippen molar-refractivity contribution in [2.24, 2.45) is 5.92 Å². The third-order valence-electron chi connectivity index (χ3n) is 6.34. The van der Waals surface area contributed by atoms with Crippen LogP contribution in [-0.2, 0) is 21.2 Å². The number of nitrogens with zero attached hydrogens (tertiary/aromatic N) is 1. The van der Waals surface area contributed by atoms with Crippen molar-refractivity contribution >= 4 is 21.6 Å². The molecule has 32 heavy (non-hydrogen) atoms. The van der Waals surface area contributed by atoms with E-state index in [1.165, 1.54) is 44.8 Å². The van der Waals surface area contributed by atoms with Crippen LogP contribution in [0.2, 0.25) is 0 Å². The van der Waals surface area contributed by atoms with Gasteiger partial charge in [-0.1, -0.05) is 42.5 Å². The molecule has 1 fully saturated rings. The van der Waals surface area contributed by atoms with Crippen LogP contribution in [-0.4, -0.2) is 31.7 Å². The smallest absolute Gasteiger partial charge is 0.245 e. The quantitative estimate of drug-likeness (QED) is 0.500. The Morgan fingerprint density at radius 2 is 1.59 bits per heavy atom. The summed E-state index contributed by atoms with van der Waals surface area (Å²) in [4.78, 5) is 12.5. The van der Waals surface area contributed by atoms with Gasteiger partial charge < -0.3 is 5.32 Å². The van der Waals surface area contributed by atoms with Crippen molar-refractivity contribution in [1.29, 1.82) is 0 Å². The zero-order valence-corrected chi connectivity index (χ0v) is 18.2. The van der Waals surface area contributed by atoms with Crippen LogP contribution in [0.4, 0.5) is 10.1 Å². The third kappa shape index (κ3) is 3.72. The van der Waals surface area contributed by atoms with E-state index in [1.54, 1.807) is 0 Å². The van der Waals surface area contributed by atoms with E-state index in [9.17, 15) is 17.6 Å². The summed E-state index contributed by atoms with van der Waals surface area (Å²) >= 11 is 0. The Morgan fingerprint density at radius 3 is 2.38 bits per heavy atom. The number of anilines is 1. The molecular formula is C25H23FN2O3S. The number of sulfonamides is 1. The fraction of sp³-hybridized carbons (Fsp3) is 0.240. The van der Waals surface area contributed by atoms with Gasteiger partial charge in [0.05, 0.1) is 0 Å². The number of halogens is 1. The van der Waals surface area contributed by atoms with E-state index < -0.39 is 15.8 Å². The molecule has 0 radical (unpaired) electrons. The van der Waals surface area contributed by atoms with Crippen molar-refractivity contribution in [2.45, 2.75) is 24.2 Å². The number of nitrogens with one attached hydrogen (secondary N) is 1. The largest absolute Gasteiger partial charge is 0.326 e. The lowest BCUT2D eigenvalue weighted by Gasteiger charge is -2.30. The van der Waals surface area contributed by atoms with E-state index in [4.69, 9.17) is 0 Å². The summed E-state index contributed by atoms with van der Waals surface area (Å²) in [6.07, 6.45) is 1.65. The lowest BCUT2D eigenvalue weighted by Crippen LogP contribution is -2.41. The number of rotatable bonds is 4. The number of fused-ring (bicyclic) bond motifs is 3. The van der Waals surface area contributed by atoms with E-state index >= 15 is 0 Å². The number of hydrogen-bond donors (Lipinski definition) is 1. The molecule has 0 bridgehead atoms. The first kappa shape index (κ1) is 20.8. The predicted molar refractivity (Wildman–Crippen MR) is 121 cm³/mol. The van der Waals surface area contributed by atoms with Crippen LogP contribution in [0.5, 0.6) is 0 Å². The fourth-order valence-electron chi connectivity index (χ4n) is 4.62. The molecule has 7 heteroatoms. The molecule has 3 aromatic carbocycles. The highest BCUT2D eigenvalue weighted by Gasteiger charge is 2.33. The van der Waals surface area contributed by atoms with Gasteiger partial charge in [0.15, 0.2) is 0 Å². The molecule has 5 nitrogen and oxygen atoms in total. The Morgan fingerprint density at radius 1 is 0.906 bits per heavy atom. The maximum absolute atomic E-state index is 14.0. The van der Waals surface area contributed by atoms with Crippen LogP contribution < -0.4 is 5.32 Å². The van der Waals surface area contributed by atoms with E-state index in [-0.39, 0.29) is 29.8 Å². The minimum Gasteiger partial charge on any atom is -0.326 e. The lowest BCUT2D eigenvalue weighted by molar-refractivity contribution is -0.120. The number of carbonyl (C=O) groups is 1. The fourth-order valence-corrected chi connectivity index (χ4v) is 6.15. The van der Waals surface area contributed by atoms with Crippen LogP contribution in [0.1, 0.15) is 24.0 Å². The normalized spacial score (nSPS) is 16.4. The van der Waals surface area contributed by atoms with E-state index in [0.29, 0.717) is 12.8 Å². The second kappa shape index (κ2) is 8.15. The number of piperidine rings is 1. The highest BCUT2D eigenvalue weighted by molar-refractivity contribution is 7.89. The van der Waals surface area contributed by atoms with Gasteiger partial charge >= 0.3 is 0 Å². The second-order valence-corrected chi connectivity index (χ2v) is 10.2. The number of amides is 1. The molecule has 1 heterocycles. The minimum atomic E-state index is -3.91. The second-order valence-electron chi connectivity index (χ2n) is 8.30. The molecule has 1 N–H and O–H groups in total. The Balaban J connectivity index is 1.23. The van der Waals surface area contributed by atoms with Crippen molar-refractivity contribution < 1.29 is 17.6 Å². The zero-order chi connectivity index (χ0) is 22.3. The average molecular weight is 451 g/mol. The van der Waals surface area contributed by atoms with Gasteiger partial charge in [0.2, 0.25) is 15.9 Å². The standard InChI is InChI=1S/C25H23FN2O3S/c26-23-7-3-4-8-24(23)32(30,31)28-13-11-17(12-14-28)25(29)27-20-9-10-22-19(16-20)15-18-5-1-2-6-21(18)22/h1-10,16-17H,11-15H2,(H,27,29). The van der Waals surface area contributed by atoms with E-state index in [1.807, 2.05) is 30.3 Å². The molecule has 0 spiro atoms. The molecule has 0 saturated carbocycles. The Bertz CT molecular complexity index is 1300. The van der Waals surface area contributed by atoms with E-state index in [0.717, 1.165) is 18.2 Å². The predicted octanol–water partition coefficient (Wildman–Crippen LogP) is 4.44. The molecule has 1 amide bonds. The Kier molecular flexibility index (Phi) is 5.31. The number of hydrogen-bond acceptors (Lipinski definition) is 3. The summed E-state index contributed by atoms with van der Waals surface area (Å²) in [5.74, 6) is -1.15. The van der Waals surface area contributed by atoms with Crippen LogP contribution in [0.15, 0.2) is 71.6 Å². The summed E-state index contributed by atoms with van der Waals surface area (Å²) in [7, 11) is -3.91. The molecule has 0 aromatic heterocycles. The molecular weight excluding hydrogens is 427 g/mol. The van der Waals surface area contributed by atoms with E-state index in [2.05, 4.69) is 17.4 Å². The van der Waals surface area contributed by atoms with Gasteiger partial charge in [0.25, 0.3) is 0 Å². The average Bonchev–Trinajstić information content (AvgIpc) is 3.17. The van der Waals surface area contributed by atoms with Gasteiger partial charge in [-0.15, -0.1) is 0 Å². The molecule has 0 unspecified atom stereocenters. The molecule has 1 saturated heterocycles. The highest BCUT2D eigenvalue weighted by Crippen LogP contribution is 2.37. The van der Waals surface area contributed by atoms with Gasteiger partial charge in [-0.25, -0.2) is 12.8 Å². The van der Waals surface area contributed by atoms with Gasteiger partial charge in [0, 0.05) is 24.7 Å². The van der Waals surface area contributed by atoms with Crippen molar-refractivity contribution in [3.05, 3.63) is 83.7 Å². The van der Waals surface area contributed by atoms with Crippen LogP contribution in [0, 0.1) is 11.7 Å². The molecule has 1 aliphatic heterocycles. The molecule has 3 aromatic rings. The van der Waals surface area contributed by atoms with Gasteiger partial charge in [-0.05, 0) is 65.8 Å². The van der Waals surface area contributed by atoms with Crippen LogP contribution in [0.3, 0.4) is 0 Å². The van der Waals surface area contributed by atoms with Crippen LogP contribution >= 0.6 is 0 Å². The summed E-state index contributed by atoms with van der Waals surface area (Å²) < 4.78 is 40.8. The molecule has 164 valence electrons. The zero-order valence-electron chi connectivity index (χ0n) is 17.4. The first-order chi connectivity index (χ1) is 15.4. The minimum absolute atomic E-state index is 0.108. The number of carbonyl (C=O) groups excluding carboxylic acids is 1. The Hall–Kier alpha value is -3.03. The maximum Gasteiger partial charge on any atom is 0.245 e. The number of benzene rings is 3. The molecule has 5 rings (SSSR count). The van der Waals surface area contributed by atoms with Gasteiger partial charge in [-0.2, -0.15) is 4.31 Å². The van der Waals surface area contributed by atoms with Crippen molar-refractivity contribution in [3.63, 3.8) is 0 Å². The SMILES string of the molecule is O=C(Nc1ccc2c(c1)Cc1ccccc1-2)C1CCN(S(=O)(=O)c2ccccc2F)CC1. The summed E-state index contributed by atoms with van der Waals surface area (Å²) in [6.45, 7) is 0.377. The van der Waals surface area contributed by atoms with Crippen molar-refractivity contribution in [3.8, 4) is 11.1 Å². The highest BCUT2D eigenvalue weighted by atomic mass is 32.2. The topological polar surface area (TPSA) is 66.5 Å². The molecule has 1 aliphatic carbocycles. The van der Waals surface area contributed by atoms with Crippen molar-refractivity contribution in [2.75, 3.05) is 18.4 Å². The van der Waals surface area contributed by atoms with Crippen LogP contribution in [0.25, 0.3) is 11.1 Å². The summed E-state index contributed by atoms with van der Waals surface area (Å²) in [5, 5.41) is 3.00. The van der Waals surface area contributed by atoms with Gasteiger partial charge in [0.1, 0.15) is 10.7 Å². The summed E-state index contributed by atoms with van der Waals surface area (Å²) in [6, 6.07) is 19.7.